The molecule has 1 amide bonds. The topological polar surface area (TPSA) is 40.5 Å². The van der Waals surface area contributed by atoms with Crippen LogP contribution in [0.15, 0.2) is 22.7 Å². The Morgan fingerprint density at radius 1 is 1.53 bits per heavy atom. The average Bonchev–Trinajstić information content (AvgIpc) is 2.42. The first-order chi connectivity index (χ1) is 9.11. The first-order valence-corrected chi connectivity index (χ1v) is 7.64. The van der Waals surface area contributed by atoms with E-state index in [0.29, 0.717) is 16.5 Å². The van der Waals surface area contributed by atoms with Gasteiger partial charge in [0.25, 0.3) is 5.91 Å². The Balaban J connectivity index is 2.08. The van der Waals surface area contributed by atoms with Crippen molar-refractivity contribution >= 4 is 33.4 Å². The molecule has 1 aliphatic heterocycles. The van der Waals surface area contributed by atoms with Crippen LogP contribution in [0.25, 0.3) is 0 Å². The summed E-state index contributed by atoms with van der Waals surface area (Å²) < 4.78 is 0.740. The Labute approximate surface area is 126 Å². The number of piperidine rings is 1. The highest BCUT2D eigenvalue weighted by molar-refractivity contribution is 9.10. The number of halogens is 2. The van der Waals surface area contributed by atoms with Gasteiger partial charge in [-0.25, -0.2) is 0 Å². The molecule has 19 heavy (non-hydrogen) atoms. The fourth-order valence-electron chi connectivity index (χ4n) is 2.48. The molecule has 1 unspecified atom stereocenters. The van der Waals surface area contributed by atoms with E-state index in [-0.39, 0.29) is 12.5 Å². The molecule has 5 heteroatoms. The molecule has 1 saturated heterocycles. The Kier molecular flexibility index (Phi) is 5.25. The van der Waals surface area contributed by atoms with Gasteiger partial charge in [-0.3, -0.25) is 4.79 Å². The summed E-state index contributed by atoms with van der Waals surface area (Å²) >= 11 is 9.28. The van der Waals surface area contributed by atoms with Gasteiger partial charge < -0.3 is 10.0 Å². The van der Waals surface area contributed by atoms with Crippen LogP contribution >= 0.6 is 27.5 Å². The molecule has 2 rings (SSSR count). The van der Waals surface area contributed by atoms with Crippen LogP contribution in [0.1, 0.15) is 29.6 Å². The van der Waals surface area contributed by atoms with Crippen molar-refractivity contribution in [3.8, 4) is 0 Å². The van der Waals surface area contributed by atoms with Crippen molar-refractivity contribution in [3.63, 3.8) is 0 Å². The van der Waals surface area contributed by atoms with Crippen molar-refractivity contribution in [3.05, 3.63) is 33.3 Å². The molecule has 1 heterocycles. The van der Waals surface area contributed by atoms with E-state index in [4.69, 9.17) is 16.7 Å². The summed E-state index contributed by atoms with van der Waals surface area (Å²) in [6.45, 7) is 1.72. The van der Waals surface area contributed by atoms with Gasteiger partial charge in [0.1, 0.15) is 0 Å². The summed E-state index contributed by atoms with van der Waals surface area (Å²) in [6, 6.07) is 5.25. The molecule has 0 aromatic heterocycles. The van der Waals surface area contributed by atoms with Crippen LogP contribution in [0.2, 0.25) is 5.02 Å². The second kappa shape index (κ2) is 6.73. The van der Waals surface area contributed by atoms with Gasteiger partial charge >= 0.3 is 0 Å². The zero-order valence-electron chi connectivity index (χ0n) is 10.6. The molecule has 0 bridgehead atoms. The van der Waals surface area contributed by atoms with Crippen LogP contribution in [-0.2, 0) is 0 Å². The number of hydrogen-bond donors (Lipinski definition) is 1. The number of rotatable bonds is 3. The molecule has 1 aliphatic rings. The molecule has 1 aromatic rings. The summed E-state index contributed by atoms with van der Waals surface area (Å²) in [6.07, 6.45) is 2.87. The van der Waals surface area contributed by atoms with Gasteiger partial charge in [0.05, 0.1) is 5.02 Å². The minimum absolute atomic E-state index is 0.0417. The molecular weight excluding hydrogens is 330 g/mol. The molecule has 0 spiro atoms. The zero-order chi connectivity index (χ0) is 13.8. The molecule has 1 atom stereocenters. The van der Waals surface area contributed by atoms with Gasteiger partial charge in [-0.05, 0) is 59.3 Å². The molecule has 0 radical (unpaired) electrons. The van der Waals surface area contributed by atoms with Crippen molar-refractivity contribution in [1.29, 1.82) is 0 Å². The maximum atomic E-state index is 12.4. The van der Waals surface area contributed by atoms with Gasteiger partial charge in [0.15, 0.2) is 0 Å². The lowest BCUT2D eigenvalue weighted by atomic mass is 9.94. The summed E-state index contributed by atoms with van der Waals surface area (Å²) in [5.41, 5.74) is 0.654. The van der Waals surface area contributed by atoms with Crippen LogP contribution in [0.5, 0.6) is 0 Å². The predicted molar refractivity (Wildman–Crippen MR) is 79.5 cm³/mol. The Morgan fingerprint density at radius 3 is 3.00 bits per heavy atom. The van der Waals surface area contributed by atoms with Gasteiger partial charge in [-0.15, -0.1) is 0 Å². The van der Waals surface area contributed by atoms with E-state index in [0.717, 1.165) is 36.8 Å². The number of benzene rings is 1. The molecule has 104 valence electrons. The third kappa shape index (κ3) is 3.71. The molecule has 0 aliphatic carbocycles. The Bertz CT molecular complexity index is 465. The molecule has 0 saturated carbocycles. The van der Waals surface area contributed by atoms with Crippen molar-refractivity contribution in [1.82, 2.24) is 4.90 Å². The van der Waals surface area contributed by atoms with Gasteiger partial charge in [-0.1, -0.05) is 11.6 Å². The quantitative estimate of drug-likeness (QED) is 0.912. The number of aliphatic hydroxyl groups is 1. The fourth-order valence-corrected chi connectivity index (χ4v) is 2.98. The number of carbonyl (C=O) groups is 1. The minimum Gasteiger partial charge on any atom is -0.396 e. The number of hydrogen-bond acceptors (Lipinski definition) is 2. The van der Waals surface area contributed by atoms with Crippen LogP contribution in [-0.4, -0.2) is 35.6 Å². The van der Waals surface area contributed by atoms with Crippen LogP contribution in [0.4, 0.5) is 0 Å². The van der Waals surface area contributed by atoms with Crippen LogP contribution in [0, 0.1) is 5.92 Å². The highest BCUT2D eigenvalue weighted by Gasteiger charge is 2.24. The van der Waals surface area contributed by atoms with E-state index in [2.05, 4.69) is 15.9 Å². The Hall–Kier alpha value is -0.580. The third-order valence-electron chi connectivity index (χ3n) is 3.51. The van der Waals surface area contributed by atoms with Crippen molar-refractivity contribution in [2.75, 3.05) is 19.7 Å². The Morgan fingerprint density at radius 2 is 2.32 bits per heavy atom. The second-order valence-corrected chi connectivity index (χ2v) is 6.16. The highest BCUT2D eigenvalue weighted by atomic mass is 79.9. The number of likely N-dealkylation sites (tertiary alicyclic amines) is 1. The first-order valence-electron chi connectivity index (χ1n) is 6.47. The van der Waals surface area contributed by atoms with E-state index in [1.165, 1.54) is 0 Å². The lowest BCUT2D eigenvalue weighted by Crippen LogP contribution is -2.40. The molecule has 1 N–H and O–H groups in total. The van der Waals surface area contributed by atoms with Crippen molar-refractivity contribution in [2.24, 2.45) is 5.92 Å². The lowest BCUT2D eigenvalue weighted by molar-refractivity contribution is 0.0653. The summed E-state index contributed by atoms with van der Waals surface area (Å²) in [4.78, 5) is 14.3. The summed E-state index contributed by atoms with van der Waals surface area (Å²) in [5, 5.41) is 9.61. The number of carbonyl (C=O) groups excluding carboxylic acids is 1. The summed E-state index contributed by atoms with van der Waals surface area (Å²) in [5.74, 6) is 0.457. The van der Waals surface area contributed by atoms with E-state index in [1.54, 1.807) is 18.2 Å². The van der Waals surface area contributed by atoms with Crippen LogP contribution < -0.4 is 0 Å². The SMILES string of the molecule is O=C(c1ccc(Cl)c(Br)c1)N1CCCC(CCO)C1. The van der Waals surface area contributed by atoms with Crippen LogP contribution in [0.3, 0.4) is 0 Å². The largest absolute Gasteiger partial charge is 0.396 e. The minimum atomic E-state index is 0.0417. The zero-order valence-corrected chi connectivity index (χ0v) is 13.0. The molecule has 1 fully saturated rings. The molecular formula is C14H17BrClNO2. The van der Waals surface area contributed by atoms with E-state index in [1.807, 2.05) is 4.90 Å². The smallest absolute Gasteiger partial charge is 0.253 e. The number of amides is 1. The van der Waals surface area contributed by atoms with Crippen molar-refractivity contribution in [2.45, 2.75) is 19.3 Å². The predicted octanol–water partition coefficient (Wildman–Crippen LogP) is 3.34. The molecule has 3 nitrogen and oxygen atoms in total. The standard InChI is InChI=1S/C14H17BrClNO2/c15-12-8-11(3-4-13(12)16)14(19)17-6-1-2-10(9-17)5-7-18/h3-4,8,10,18H,1-2,5-7,9H2. The fraction of sp³-hybridized carbons (Fsp3) is 0.500. The number of nitrogens with zero attached hydrogens (tertiary/aromatic N) is 1. The van der Waals surface area contributed by atoms with Crippen molar-refractivity contribution < 1.29 is 9.90 Å². The normalized spacial score (nSPS) is 19.5. The average molecular weight is 347 g/mol. The van der Waals surface area contributed by atoms with E-state index >= 15 is 0 Å². The molecule has 1 aromatic carbocycles. The van der Waals surface area contributed by atoms with E-state index < -0.39 is 0 Å². The van der Waals surface area contributed by atoms with Gasteiger partial charge in [0, 0.05) is 29.7 Å². The van der Waals surface area contributed by atoms with E-state index in [9.17, 15) is 4.79 Å². The maximum absolute atomic E-state index is 12.4. The maximum Gasteiger partial charge on any atom is 0.253 e. The lowest BCUT2D eigenvalue weighted by Gasteiger charge is -2.32. The highest BCUT2D eigenvalue weighted by Crippen LogP contribution is 2.25. The monoisotopic (exact) mass is 345 g/mol. The third-order valence-corrected chi connectivity index (χ3v) is 4.72. The first kappa shape index (κ1) is 14.8. The van der Waals surface area contributed by atoms with Gasteiger partial charge in [0.2, 0.25) is 0 Å². The van der Waals surface area contributed by atoms with Gasteiger partial charge in [-0.2, -0.15) is 0 Å². The second-order valence-electron chi connectivity index (χ2n) is 4.90. The summed E-state index contributed by atoms with van der Waals surface area (Å²) in [7, 11) is 0. The number of aliphatic hydroxyl groups excluding tert-OH is 1.